The molecular weight excluding hydrogens is 270 g/mol. The SMILES string of the molecule is COCCNCCNC(=O)C(C)NC(=O)c1ccccc1. The molecule has 0 saturated carbocycles. The molecule has 1 unspecified atom stereocenters. The van der Waals surface area contributed by atoms with Crippen molar-refractivity contribution in [2.24, 2.45) is 0 Å². The number of nitrogens with one attached hydrogen (secondary N) is 3. The van der Waals surface area contributed by atoms with Crippen molar-refractivity contribution >= 4 is 11.8 Å². The van der Waals surface area contributed by atoms with Gasteiger partial charge in [-0.3, -0.25) is 9.59 Å². The van der Waals surface area contributed by atoms with Crippen LogP contribution in [0.3, 0.4) is 0 Å². The van der Waals surface area contributed by atoms with Gasteiger partial charge in [-0.2, -0.15) is 0 Å². The van der Waals surface area contributed by atoms with Gasteiger partial charge in [0.25, 0.3) is 5.91 Å². The third-order valence-corrected chi connectivity index (χ3v) is 2.86. The number of ether oxygens (including phenoxy) is 1. The van der Waals surface area contributed by atoms with Gasteiger partial charge in [0.15, 0.2) is 0 Å². The van der Waals surface area contributed by atoms with Crippen molar-refractivity contribution < 1.29 is 14.3 Å². The average molecular weight is 293 g/mol. The van der Waals surface area contributed by atoms with Gasteiger partial charge < -0.3 is 20.7 Å². The molecule has 116 valence electrons. The summed E-state index contributed by atoms with van der Waals surface area (Å²) in [5, 5.41) is 8.55. The van der Waals surface area contributed by atoms with Crippen LogP contribution in [-0.2, 0) is 9.53 Å². The maximum Gasteiger partial charge on any atom is 0.251 e. The van der Waals surface area contributed by atoms with Gasteiger partial charge in [-0.25, -0.2) is 0 Å². The molecule has 0 aliphatic rings. The van der Waals surface area contributed by atoms with Crippen LogP contribution < -0.4 is 16.0 Å². The average Bonchev–Trinajstić information content (AvgIpc) is 2.51. The number of hydrogen-bond donors (Lipinski definition) is 3. The van der Waals surface area contributed by atoms with Crippen molar-refractivity contribution in [3.63, 3.8) is 0 Å². The van der Waals surface area contributed by atoms with Crippen LogP contribution in [0.5, 0.6) is 0 Å². The van der Waals surface area contributed by atoms with E-state index in [9.17, 15) is 9.59 Å². The number of methoxy groups -OCH3 is 1. The molecule has 0 aliphatic heterocycles. The Hall–Kier alpha value is -1.92. The van der Waals surface area contributed by atoms with Crippen LogP contribution in [0.2, 0.25) is 0 Å². The minimum Gasteiger partial charge on any atom is -0.383 e. The lowest BCUT2D eigenvalue weighted by atomic mass is 10.2. The maximum absolute atomic E-state index is 11.9. The van der Waals surface area contributed by atoms with E-state index < -0.39 is 6.04 Å². The Morgan fingerprint density at radius 1 is 1.14 bits per heavy atom. The first kappa shape index (κ1) is 17.1. The molecule has 1 atom stereocenters. The van der Waals surface area contributed by atoms with Crippen LogP contribution >= 0.6 is 0 Å². The molecule has 0 saturated heterocycles. The quantitative estimate of drug-likeness (QED) is 0.567. The van der Waals surface area contributed by atoms with Crippen LogP contribution in [0.1, 0.15) is 17.3 Å². The second-order valence-electron chi connectivity index (χ2n) is 4.60. The van der Waals surface area contributed by atoms with Gasteiger partial charge in [0.1, 0.15) is 6.04 Å². The van der Waals surface area contributed by atoms with Gasteiger partial charge in [0.05, 0.1) is 6.61 Å². The van der Waals surface area contributed by atoms with Crippen molar-refractivity contribution in [3.05, 3.63) is 35.9 Å². The fourth-order valence-corrected chi connectivity index (χ4v) is 1.66. The molecule has 0 heterocycles. The summed E-state index contributed by atoms with van der Waals surface area (Å²) in [5.74, 6) is -0.454. The zero-order valence-corrected chi connectivity index (χ0v) is 12.5. The molecule has 1 aromatic carbocycles. The Bertz CT molecular complexity index is 437. The highest BCUT2D eigenvalue weighted by molar-refractivity contribution is 5.97. The molecule has 0 bridgehead atoms. The Morgan fingerprint density at radius 2 is 1.86 bits per heavy atom. The molecule has 0 aromatic heterocycles. The van der Waals surface area contributed by atoms with E-state index in [1.54, 1.807) is 38.3 Å². The van der Waals surface area contributed by atoms with Crippen LogP contribution in [0.4, 0.5) is 0 Å². The minimum absolute atomic E-state index is 0.201. The van der Waals surface area contributed by atoms with Crippen LogP contribution in [0.15, 0.2) is 30.3 Å². The lowest BCUT2D eigenvalue weighted by molar-refractivity contribution is -0.122. The number of carbonyl (C=O) groups is 2. The van der Waals surface area contributed by atoms with Gasteiger partial charge in [0, 0.05) is 32.3 Å². The monoisotopic (exact) mass is 293 g/mol. The van der Waals surface area contributed by atoms with E-state index in [0.717, 1.165) is 6.54 Å². The Balaban J connectivity index is 2.23. The summed E-state index contributed by atoms with van der Waals surface area (Å²) in [6.07, 6.45) is 0. The van der Waals surface area contributed by atoms with E-state index >= 15 is 0 Å². The molecular formula is C15H23N3O3. The molecule has 0 aliphatic carbocycles. The molecule has 6 nitrogen and oxygen atoms in total. The zero-order valence-electron chi connectivity index (χ0n) is 12.5. The second kappa shape index (κ2) is 9.90. The van der Waals surface area contributed by atoms with Crippen molar-refractivity contribution in [2.75, 3.05) is 33.4 Å². The summed E-state index contributed by atoms with van der Waals surface area (Å²) >= 11 is 0. The molecule has 21 heavy (non-hydrogen) atoms. The number of amides is 2. The summed E-state index contributed by atoms with van der Waals surface area (Å²) in [7, 11) is 1.64. The highest BCUT2D eigenvalue weighted by Gasteiger charge is 2.15. The molecule has 1 rings (SSSR count). The van der Waals surface area contributed by atoms with Crippen molar-refractivity contribution in [2.45, 2.75) is 13.0 Å². The molecule has 2 amide bonds. The zero-order chi connectivity index (χ0) is 15.5. The first-order valence-corrected chi connectivity index (χ1v) is 6.98. The molecule has 0 fully saturated rings. The molecule has 0 radical (unpaired) electrons. The number of carbonyl (C=O) groups excluding carboxylic acids is 2. The van der Waals surface area contributed by atoms with E-state index in [1.165, 1.54) is 0 Å². The maximum atomic E-state index is 11.9. The smallest absolute Gasteiger partial charge is 0.251 e. The lowest BCUT2D eigenvalue weighted by Crippen LogP contribution is -2.46. The largest absolute Gasteiger partial charge is 0.383 e. The van der Waals surface area contributed by atoms with Crippen molar-refractivity contribution in [1.29, 1.82) is 0 Å². The Morgan fingerprint density at radius 3 is 2.52 bits per heavy atom. The number of benzene rings is 1. The topological polar surface area (TPSA) is 79.5 Å². The van der Waals surface area contributed by atoms with Crippen LogP contribution in [0, 0.1) is 0 Å². The molecule has 6 heteroatoms. The summed E-state index contributed by atoms with van der Waals surface area (Å²) in [4.78, 5) is 23.7. The van der Waals surface area contributed by atoms with Crippen LogP contribution in [-0.4, -0.2) is 51.2 Å². The third-order valence-electron chi connectivity index (χ3n) is 2.86. The Kier molecular flexibility index (Phi) is 8.08. The highest BCUT2D eigenvalue weighted by Crippen LogP contribution is 1.98. The first-order chi connectivity index (χ1) is 10.1. The van der Waals surface area contributed by atoms with E-state index in [2.05, 4.69) is 16.0 Å². The summed E-state index contributed by atoms with van der Waals surface area (Å²) in [6.45, 7) is 4.21. The highest BCUT2D eigenvalue weighted by atomic mass is 16.5. The fourth-order valence-electron chi connectivity index (χ4n) is 1.66. The lowest BCUT2D eigenvalue weighted by Gasteiger charge is -2.14. The van der Waals surface area contributed by atoms with Crippen molar-refractivity contribution in [1.82, 2.24) is 16.0 Å². The summed E-state index contributed by atoms with van der Waals surface area (Å²) in [6, 6.07) is 8.25. The van der Waals surface area contributed by atoms with E-state index in [4.69, 9.17) is 4.74 Å². The predicted molar refractivity (Wildman–Crippen MR) is 81.1 cm³/mol. The number of hydrogen-bond acceptors (Lipinski definition) is 4. The first-order valence-electron chi connectivity index (χ1n) is 6.98. The number of rotatable bonds is 9. The third kappa shape index (κ3) is 6.87. The van der Waals surface area contributed by atoms with E-state index in [-0.39, 0.29) is 11.8 Å². The van der Waals surface area contributed by atoms with Gasteiger partial charge in [0.2, 0.25) is 5.91 Å². The Labute approximate surface area is 125 Å². The fraction of sp³-hybridized carbons (Fsp3) is 0.467. The summed E-state index contributed by atoms with van der Waals surface area (Å²) < 4.78 is 4.90. The van der Waals surface area contributed by atoms with Gasteiger partial charge in [-0.1, -0.05) is 18.2 Å². The van der Waals surface area contributed by atoms with E-state index in [1.807, 2.05) is 6.07 Å². The molecule has 1 aromatic rings. The molecule has 0 spiro atoms. The van der Waals surface area contributed by atoms with Gasteiger partial charge in [-0.05, 0) is 19.1 Å². The summed E-state index contributed by atoms with van der Waals surface area (Å²) in [5.41, 5.74) is 0.540. The standard InChI is InChI=1S/C15H23N3O3/c1-12(14(19)17-9-8-16-10-11-21-2)18-15(20)13-6-4-3-5-7-13/h3-7,12,16H,8-11H2,1-2H3,(H,17,19)(H,18,20). The van der Waals surface area contributed by atoms with E-state index in [0.29, 0.717) is 25.3 Å². The normalized spacial score (nSPS) is 11.7. The van der Waals surface area contributed by atoms with Gasteiger partial charge in [-0.15, -0.1) is 0 Å². The van der Waals surface area contributed by atoms with Crippen molar-refractivity contribution in [3.8, 4) is 0 Å². The second-order valence-corrected chi connectivity index (χ2v) is 4.60. The van der Waals surface area contributed by atoms with Crippen LogP contribution in [0.25, 0.3) is 0 Å². The molecule has 3 N–H and O–H groups in total. The minimum atomic E-state index is -0.573. The van der Waals surface area contributed by atoms with Gasteiger partial charge >= 0.3 is 0 Å². The predicted octanol–water partition coefficient (Wildman–Crippen LogP) is 0.157.